The first-order valence-electron chi connectivity index (χ1n) is 6.24. The van der Waals surface area contributed by atoms with Crippen molar-refractivity contribution in [1.29, 1.82) is 0 Å². The number of fused-ring (bicyclic) bond motifs is 1. The second-order valence-electron chi connectivity index (χ2n) is 4.86. The molecule has 0 spiro atoms. The van der Waals surface area contributed by atoms with Crippen molar-refractivity contribution in [2.75, 3.05) is 0 Å². The topological polar surface area (TPSA) is 78.9 Å². The Morgan fingerprint density at radius 1 is 1.35 bits per heavy atom. The number of nitrogens with one attached hydrogen (secondary N) is 1. The third kappa shape index (κ3) is 2.18. The van der Waals surface area contributed by atoms with Crippen molar-refractivity contribution in [3.05, 3.63) is 35.0 Å². The van der Waals surface area contributed by atoms with E-state index in [9.17, 15) is 4.79 Å². The minimum absolute atomic E-state index is 0.0845. The summed E-state index contributed by atoms with van der Waals surface area (Å²) in [6.07, 6.45) is 0. The smallest absolute Gasteiger partial charge is 0.353 e. The van der Waals surface area contributed by atoms with E-state index in [0.717, 1.165) is 20.8 Å². The van der Waals surface area contributed by atoms with E-state index in [0.29, 0.717) is 11.6 Å². The van der Waals surface area contributed by atoms with Crippen molar-refractivity contribution in [2.24, 2.45) is 0 Å². The van der Waals surface area contributed by atoms with Gasteiger partial charge in [-0.3, -0.25) is 5.10 Å². The van der Waals surface area contributed by atoms with Crippen LogP contribution in [0.4, 0.5) is 0 Å². The molecule has 0 saturated heterocycles. The van der Waals surface area contributed by atoms with Gasteiger partial charge in [-0.15, -0.1) is 11.3 Å². The number of carboxylic acids is 1. The summed E-state index contributed by atoms with van der Waals surface area (Å²) in [7, 11) is 0. The summed E-state index contributed by atoms with van der Waals surface area (Å²) in [5, 5.41) is 16.5. The zero-order valence-corrected chi connectivity index (χ0v) is 11.9. The Balaban J connectivity index is 2.05. The van der Waals surface area contributed by atoms with Crippen LogP contribution in [0.1, 0.15) is 35.3 Å². The molecule has 102 valence electrons. The van der Waals surface area contributed by atoms with Crippen LogP contribution in [0, 0.1) is 0 Å². The molecule has 2 heterocycles. The maximum Gasteiger partial charge on any atom is 0.353 e. The monoisotopic (exact) mass is 287 g/mol. The van der Waals surface area contributed by atoms with E-state index < -0.39 is 5.97 Å². The van der Waals surface area contributed by atoms with Crippen molar-refractivity contribution in [3.8, 4) is 11.3 Å². The molecule has 0 radical (unpaired) electrons. The molecule has 3 rings (SSSR count). The van der Waals surface area contributed by atoms with Crippen molar-refractivity contribution in [1.82, 2.24) is 15.2 Å². The predicted molar refractivity (Wildman–Crippen MR) is 78.3 cm³/mol. The zero-order chi connectivity index (χ0) is 14.3. The molecule has 0 bridgehead atoms. The highest BCUT2D eigenvalue weighted by atomic mass is 32.1. The summed E-state index contributed by atoms with van der Waals surface area (Å²) >= 11 is 1.69. The number of rotatable bonds is 3. The Hall–Kier alpha value is -2.21. The molecule has 0 amide bonds. The van der Waals surface area contributed by atoms with Gasteiger partial charge in [0.15, 0.2) is 0 Å². The fourth-order valence-electron chi connectivity index (χ4n) is 1.93. The molecular weight excluding hydrogens is 274 g/mol. The Morgan fingerprint density at radius 3 is 2.80 bits per heavy atom. The second kappa shape index (κ2) is 4.72. The molecule has 1 aromatic carbocycles. The van der Waals surface area contributed by atoms with Gasteiger partial charge in [0.05, 0.1) is 20.9 Å². The van der Waals surface area contributed by atoms with Gasteiger partial charge in [-0.1, -0.05) is 19.9 Å². The molecule has 0 aliphatic heterocycles. The molecule has 0 saturated carbocycles. The van der Waals surface area contributed by atoms with E-state index >= 15 is 0 Å². The first-order chi connectivity index (χ1) is 9.54. The van der Waals surface area contributed by atoms with Crippen LogP contribution in [-0.2, 0) is 0 Å². The molecule has 20 heavy (non-hydrogen) atoms. The molecule has 0 aliphatic carbocycles. The maximum absolute atomic E-state index is 10.9. The van der Waals surface area contributed by atoms with Gasteiger partial charge in [-0.25, -0.2) is 9.78 Å². The van der Waals surface area contributed by atoms with Crippen LogP contribution < -0.4 is 0 Å². The lowest BCUT2D eigenvalue weighted by atomic mass is 10.1. The van der Waals surface area contributed by atoms with Crippen molar-refractivity contribution in [3.63, 3.8) is 0 Å². The summed E-state index contributed by atoms with van der Waals surface area (Å²) in [5.74, 6) is -0.611. The van der Waals surface area contributed by atoms with Crippen LogP contribution in [0.3, 0.4) is 0 Å². The summed E-state index contributed by atoms with van der Waals surface area (Å²) in [4.78, 5) is 15.5. The normalized spacial score (nSPS) is 11.3. The van der Waals surface area contributed by atoms with Crippen LogP contribution in [0.25, 0.3) is 21.5 Å². The number of hydrogen-bond donors (Lipinski definition) is 2. The van der Waals surface area contributed by atoms with Crippen molar-refractivity contribution < 1.29 is 9.90 Å². The fourth-order valence-corrected chi connectivity index (χ4v) is 2.88. The maximum atomic E-state index is 10.9. The average molecular weight is 287 g/mol. The molecule has 2 N–H and O–H groups in total. The van der Waals surface area contributed by atoms with Gasteiger partial charge in [-0.05, 0) is 18.2 Å². The molecule has 6 heteroatoms. The minimum atomic E-state index is -1.01. The molecule has 5 nitrogen and oxygen atoms in total. The molecule has 2 aromatic heterocycles. The van der Waals surface area contributed by atoms with Gasteiger partial charge < -0.3 is 5.11 Å². The summed E-state index contributed by atoms with van der Waals surface area (Å²) in [5.41, 5.74) is 2.49. The van der Waals surface area contributed by atoms with E-state index in [-0.39, 0.29) is 5.69 Å². The number of carbonyl (C=O) groups is 1. The first-order valence-corrected chi connectivity index (χ1v) is 7.06. The van der Waals surface area contributed by atoms with Gasteiger partial charge in [0.1, 0.15) is 5.69 Å². The third-order valence-corrected chi connectivity index (χ3v) is 4.34. The van der Waals surface area contributed by atoms with Crippen LogP contribution >= 0.6 is 11.3 Å². The van der Waals surface area contributed by atoms with Gasteiger partial charge in [0.25, 0.3) is 0 Å². The number of carboxylic acid groups (broad SMARTS) is 1. The standard InChI is InChI=1S/C14H13N3O2S/c1-7(2)13-15-10-5-8(3-4-12(10)20-13)9-6-11(14(18)19)17-16-9/h3-7H,1-2H3,(H,16,17)(H,18,19). The number of aromatic nitrogens is 3. The van der Waals surface area contributed by atoms with E-state index in [1.807, 2.05) is 18.2 Å². The predicted octanol–water partition coefficient (Wildman–Crippen LogP) is 3.51. The largest absolute Gasteiger partial charge is 0.477 e. The van der Waals surface area contributed by atoms with Crippen molar-refractivity contribution >= 4 is 27.5 Å². The molecule has 0 unspecified atom stereocenters. The number of H-pyrrole nitrogens is 1. The Morgan fingerprint density at radius 2 is 2.15 bits per heavy atom. The van der Waals surface area contributed by atoms with E-state index in [1.165, 1.54) is 6.07 Å². The number of aromatic amines is 1. The number of aromatic carboxylic acids is 1. The van der Waals surface area contributed by atoms with Crippen LogP contribution in [-0.4, -0.2) is 26.3 Å². The van der Waals surface area contributed by atoms with Crippen LogP contribution in [0.5, 0.6) is 0 Å². The third-order valence-electron chi connectivity index (χ3n) is 3.00. The number of nitrogens with zero attached hydrogens (tertiary/aromatic N) is 2. The lowest BCUT2D eigenvalue weighted by Crippen LogP contribution is -1.95. The Bertz CT molecular complexity index is 789. The summed E-state index contributed by atoms with van der Waals surface area (Å²) < 4.78 is 1.13. The fraction of sp³-hybridized carbons (Fsp3) is 0.214. The molecular formula is C14H13N3O2S. The number of hydrogen-bond acceptors (Lipinski definition) is 4. The quantitative estimate of drug-likeness (QED) is 0.772. The molecule has 0 fully saturated rings. The molecule has 3 aromatic rings. The number of benzene rings is 1. The lowest BCUT2D eigenvalue weighted by Gasteiger charge is -1.95. The van der Waals surface area contributed by atoms with Gasteiger partial charge in [0.2, 0.25) is 0 Å². The van der Waals surface area contributed by atoms with E-state index in [1.54, 1.807) is 11.3 Å². The summed E-state index contributed by atoms with van der Waals surface area (Å²) in [6, 6.07) is 7.41. The Labute approximate surface area is 119 Å². The molecule has 0 aliphatic rings. The second-order valence-corrected chi connectivity index (χ2v) is 5.92. The highest BCUT2D eigenvalue weighted by molar-refractivity contribution is 7.18. The average Bonchev–Trinajstić information content (AvgIpc) is 3.04. The van der Waals surface area contributed by atoms with E-state index in [2.05, 4.69) is 29.0 Å². The van der Waals surface area contributed by atoms with Gasteiger partial charge in [-0.2, -0.15) is 5.10 Å². The molecule has 0 atom stereocenters. The first kappa shape index (κ1) is 12.8. The Kier molecular flexibility index (Phi) is 3.02. The van der Waals surface area contributed by atoms with Gasteiger partial charge >= 0.3 is 5.97 Å². The minimum Gasteiger partial charge on any atom is -0.477 e. The summed E-state index contributed by atoms with van der Waals surface area (Å²) in [6.45, 7) is 4.23. The van der Waals surface area contributed by atoms with Crippen LogP contribution in [0.15, 0.2) is 24.3 Å². The van der Waals surface area contributed by atoms with E-state index in [4.69, 9.17) is 5.11 Å². The van der Waals surface area contributed by atoms with Crippen molar-refractivity contribution in [2.45, 2.75) is 19.8 Å². The highest BCUT2D eigenvalue weighted by Gasteiger charge is 2.12. The number of thiazole rings is 1. The zero-order valence-electron chi connectivity index (χ0n) is 11.0. The SMILES string of the molecule is CC(C)c1nc2cc(-c3cc(C(=O)O)[nH]n3)ccc2s1. The highest BCUT2D eigenvalue weighted by Crippen LogP contribution is 2.30. The van der Waals surface area contributed by atoms with Crippen LogP contribution in [0.2, 0.25) is 0 Å². The van der Waals surface area contributed by atoms with Gasteiger partial charge in [0, 0.05) is 11.5 Å². The lowest BCUT2D eigenvalue weighted by molar-refractivity contribution is 0.0690.